The van der Waals surface area contributed by atoms with Crippen molar-refractivity contribution in [2.45, 2.75) is 0 Å². The summed E-state index contributed by atoms with van der Waals surface area (Å²) in [6.45, 7) is 0. The topological polar surface area (TPSA) is 0 Å². The second-order valence-electron chi connectivity index (χ2n) is 12.6. The Kier molecular flexibility index (Phi) is 12.9. The summed E-state index contributed by atoms with van der Waals surface area (Å²) in [4.78, 5) is 0. The van der Waals surface area contributed by atoms with Gasteiger partial charge >= 0.3 is 0 Å². The monoisotopic (exact) mass is 798 g/mol. The van der Waals surface area contributed by atoms with Crippen LogP contribution in [0.4, 0.5) is 0 Å². The van der Waals surface area contributed by atoms with Crippen molar-refractivity contribution in [1.29, 1.82) is 0 Å². The second kappa shape index (κ2) is 17.2. The first-order chi connectivity index (χ1) is 24.3. The van der Waals surface area contributed by atoms with Crippen LogP contribution in [-0.2, 0) is 47.2 Å². The van der Waals surface area contributed by atoms with Crippen LogP contribution in [0.1, 0.15) is 0 Å². The molecule has 8 heteroatoms. The highest BCUT2D eigenvalue weighted by atomic mass is 32.5. The Bertz CT molecular complexity index is 1920. The second-order valence-corrected chi connectivity index (χ2v) is 32.8. The molecule has 0 saturated carbocycles. The van der Waals surface area contributed by atoms with Gasteiger partial charge in [-0.05, 0) is 80.9 Å². The largest absolute Gasteiger partial charge is 0.0925 e. The van der Waals surface area contributed by atoms with E-state index in [-0.39, 0.29) is 0 Å². The van der Waals surface area contributed by atoms with E-state index in [2.05, 4.69) is 182 Å². The number of benzene rings is 6. The number of hydrogen-bond acceptors (Lipinski definition) is 4. The van der Waals surface area contributed by atoms with E-state index in [1.807, 2.05) is 0 Å². The molecule has 0 aliphatic heterocycles. The molecular formula is C42H42P4S4. The van der Waals surface area contributed by atoms with Gasteiger partial charge in [0, 0.05) is 12.1 Å². The minimum absolute atomic E-state index is 0.902. The number of hydrogen-bond donors (Lipinski definition) is 0. The number of rotatable bonds is 15. The van der Waals surface area contributed by atoms with Gasteiger partial charge in [0.25, 0.3) is 0 Å². The summed E-state index contributed by atoms with van der Waals surface area (Å²) in [5.41, 5.74) is 0. The lowest BCUT2D eigenvalue weighted by atomic mass is 10.4. The highest BCUT2D eigenvalue weighted by Crippen LogP contribution is 2.57. The predicted molar refractivity (Wildman–Crippen MR) is 243 cm³/mol. The first-order valence-corrected chi connectivity index (χ1v) is 29.3. The molecule has 6 aromatic carbocycles. The van der Waals surface area contributed by atoms with Crippen molar-refractivity contribution < 1.29 is 0 Å². The van der Waals surface area contributed by atoms with Gasteiger partial charge < -0.3 is 0 Å². The summed E-state index contributed by atoms with van der Waals surface area (Å²) in [6, 6.07) is 56.5. The van der Waals surface area contributed by atoms with Gasteiger partial charge in [0.15, 0.2) is 0 Å². The van der Waals surface area contributed by atoms with E-state index < -0.39 is 24.2 Å². The summed E-state index contributed by atoms with van der Waals surface area (Å²) in [5, 5.41) is 7.64. The molecule has 0 heterocycles. The minimum Gasteiger partial charge on any atom is -0.0925 e. The molecule has 0 bridgehead atoms. The van der Waals surface area contributed by atoms with Crippen molar-refractivity contribution in [2.75, 3.05) is 37.0 Å². The molecule has 2 unspecified atom stereocenters. The van der Waals surface area contributed by atoms with Crippen LogP contribution >= 0.6 is 24.2 Å². The first-order valence-electron chi connectivity index (χ1n) is 16.9. The molecule has 254 valence electrons. The van der Waals surface area contributed by atoms with Crippen molar-refractivity contribution in [1.82, 2.24) is 0 Å². The van der Waals surface area contributed by atoms with Gasteiger partial charge in [0.2, 0.25) is 0 Å². The average Bonchev–Trinajstić information content (AvgIpc) is 3.20. The summed E-state index contributed by atoms with van der Waals surface area (Å²) in [7, 11) is 0. The molecule has 0 aliphatic carbocycles. The zero-order valence-electron chi connectivity index (χ0n) is 28.0. The average molecular weight is 799 g/mol. The third-order valence-corrected chi connectivity index (χ3v) is 30.2. The lowest BCUT2D eigenvalue weighted by Crippen LogP contribution is -2.24. The fourth-order valence-corrected chi connectivity index (χ4v) is 27.7. The van der Waals surface area contributed by atoms with Gasteiger partial charge in [0.1, 0.15) is 0 Å². The molecule has 0 spiro atoms. The van der Waals surface area contributed by atoms with E-state index in [9.17, 15) is 0 Å². The van der Waals surface area contributed by atoms with Crippen LogP contribution in [0.25, 0.3) is 0 Å². The van der Waals surface area contributed by atoms with Crippen LogP contribution in [0.15, 0.2) is 182 Å². The highest BCUT2D eigenvalue weighted by Gasteiger charge is 2.32. The SMILES string of the molecule is S=P(CCP(=S)(CCP(=S)(c1ccccc1)c1ccccc1)c1ccccc1)(CCP(=S)(c1ccccc1)c1ccccc1)c1ccccc1. The van der Waals surface area contributed by atoms with Gasteiger partial charge in [-0.15, -0.1) is 0 Å². The van der Waals surface area contributed by atoms with Crippen molar-refractivity contribution in [2.24, 2.45) is 0 Å². The molecule has 0 aromatic heterocycles. The Morgan fingerprint density at radius 2 is 0.420 bits per heavy atom. The van der Waals surface area contributed by atoms with Gasteiger partial charge in [-0.1, -0.05) is 229 Å². The minimum atomic E-state index is -2.10. The normalized spacial score (nSPS) is 14.3. The van der Waals surface area contributed by atoms with Gasteiger partial charge in [-0.3, -0.25) is 0 Å². The summed E-state index contributed by atoms with van der Waals surface area (Å²) < 4.78 is 0. The van der Waals surface area contributed by atoms with Crippen LogP contribution in [0.2, 0.25) is 0 Å². The lowest BCUT2D eigenvalue weighted by molar-refractivity contribution is 1.39. The molecule has 0 N–H and O–H groups in total. The van der Waals surface area contributed by atoms with Crippen LogP contribution in [0, 0.1) is 0 Å². The molecule has 6 rings (SSSR count). The molecule has 0 radical (unpaired) electrons. The molecule has 0 fully saturated rings. The van der Waals surface area contributed by atoms with Crippen molar-refractivity contribution >= 4 is 103 Å². The van der Waals surface area contributed by atoms with Crippen molar-refractivity contribution in [3.8, 4) is 0 Å². The summed E-state index contributed by atoms with van der Waals surface area (Å²) in [5.74, 6) is 0. The Hall–Kier alpha value is -2.08. The van der Waals surface area contributed by atoms with Crippen LogP contribution in [0.5, 0.6) is 0 Å². The zero-order chi connectivity index (χ0) is 34.9. The van der Waals surface area contributed by atoms with Crippen LogP contribution in [-0.4, -0.2) is 37.0 Å². The smallest absolute Gasteiger partial charge is 0.0109 e. The highest BCUT2D eigenvalue weighted by molar-refractivity contribution is 8.24. The third-order valence-electron chi connectivity index (χ3n) is 9.52. The molecule has 6 aromatic rings. The molecule has 50 heavy (non-hydrogen) atoms. The quantitative estimate of drug-likeness (QED) is 0.0953. The maximum Gasteiger partial charge on any atom is 0.0109 e. The molecule has 0 amide bonds. The van der Waals surface area contributed by atoms with Crippen molar-refractivity contribution in [3.63, 3.8) is 0 Å². The Morgan fingerprint density at radius 3 is 0.640 bits per heavy atom. The van der Waals surface area contributed by atoms with Crippen LogP contribution in [0.3, 0.4) is 0 Å². The standard InChI is InChI=1S/C42H42P4S4/c47-43(37-19-7-1-8-20-37,33-35-45(49,39-23-11-3-12-24-39)40-25-13-4-14-26-40)31-32-44(48,38-21-9-2-10-22-38)34-36-46(50,41-27-15-5-16-28-41)42-29-17-6-18-30-42/h1-30H,31-36H2. The Morgan fingerprint density at radius 1 is 0.240 bits per heavy atom. The predicted octanol–water partition coefficient (Wildman–Crippen LogP) is 8.86. The zero-order valence-corrected chi connectivity index (χ0v) is 34.8. The molecule has 0 nitrogen and oxygen atoms in total. The molecular weight excluding hydrogens is 757 g/mol. The summed E-state index contributed by atoms with van der Waals surface area (Å²) >= 11 is 27.3. The molecule has 0 saturated heterocycles. The van der Waals surface area contributed by atoms with E-state index in [4.69, 9.17) is 47.2 Å². The van der Waals surface area contributed by atoms with E-state index in [1.54, 1.807) is 0 Å². The van der Waals surface area contributed by atoms with Gasteiger partial charge in [0.05, 0.1) is 0 Å². The fraction of sp³-hybridized carbons (Fsp3) is 0.143. The molecule has 0 aliphatic rings. The van der Waals surface area contributed by atoms with Gasteiger partial charge in [-0.2, -0.15) is 0 Å². The van der Waals surface area contributed by atoms with Gasteiger partial charge in [-0.25, -0.2) is 0 Å². The lowest BCUT2D eigenvalue weighted by Gasteiger charge is -2.32. The Balaban J connectivity index is 1.34. The summed E-state index contributed by atoms with van der Waals surface area (Å²) in [6.07, 6.45) is 5.50. The Labute approximate surface area is 319 Å². The molecule has 2 atom stereocenters. The fourth-order valence-electron chi connectivity index (χ4n) is 6.56. The maximum atomic E-state index is 6.91. The van der Waals surface area contributed by atoms with E-state index in [0.29, 0.717) is 0 Å². The third kappa shape index (κ3) is 8.75. The van der Waals surface area contributed by atoms with E-state index >= 15 is 0 Å². The first kappa shape index (κ1) is 37.7. The van der Waals surface area contributed by atoms with Crippen LogP contribution < -0.4 is 31.8 Å². The van der Waals surface area contributed by atoms with E-state index in [1.165, 1.54) is 31.8 Å². The maximum absolute atomic E-state index is 6.91. The van der Waals surface area contributed by atoms with Crippen molar-refractivity contribution in [3.05, 3.63) is 182 Å². The van der Waals surface area contributed by atoms with E-state index in [0.717, 1.165) is 37.0 Å².